The van der Waals surface area contributed by atoms with Gasteiger partial charge in [0.05, 0.1) is 17.1 Å². The summed E-state index contributed by atoms with van der Waals surface area (Å²) in [5, 5.41) is 10.5. The molecule has 1 saturated heterocycles. The quantitative estimate of drug-likeness (QED) is 0.713. The summed E-state index contributed by atoms with van der Waals surface area (Å²) in [7, 11) is 0. The van der Waals surface area contributed by atoms with E-state index in [1.54, 1.807) is 4.68 Å². The van der Waals surface area contributed by atoms with E-state index in [0.29, 0.717) is 0 Å². The van der Waals surface area contributed by atoms with Crippen LogP contribution in [0.2, 0.25) is 0 Å². The zero-order valence-electron chi connectivity index (χ0n) is 16.8. The second-order valence-electron chi connectivity index (χ2n) is 7.47. The molecule has 2 amide bonds. The molecule has 1 aliphatic rings. The molecular weight excluding hydrogens is 364 g/mol. The summed E-state index contributed by atoms with van der Waals surface area (Å²) in [5.74, 6) is 1.00. The van der Waals surface area contributed by atoms with E-state index in [9.17, 15) is 4.79 Å². The van der Waals surface area contributed by atoms with Crippen molar-refractivity contribution in [1.29, 1.82) is 0 Å². The van der Waals surface area contributed by atoms with Crippen molar-refractivity contribution in [2.45, 2.75) is 32.7 Å². The Morgan fingerprint density at radius 3 is 2.55 bits per heavy atom. The molecule has 0 unspecified atom stereocenters. The number of hydrogen-bond donors (Lipinski definition) is 2. The lowest BCUT2D eigenvalue weighted by Gasteiger charge is -2.33. The number of amides is 2. The average molecular weight is 390 g/mol. The Morgan fingerprint density at radius 1 is 1.07 bits per heavy atom. The van der Waals surface area contributed by atoms with Gasteiger partial charge in [-0.3, -0.25) is 0 Å². The summed E-state index contributed by atoms with van der Waals surface area (Å²) in [6.45, 7) is 5.74. The number of carbonyl (C=O) groups excluding carboxylic acids is 1. The minimum absolute atomic E-state index is 0.149. The molecule has 1 aliphatic heterocycles. The first-order valence-corrected chi connectivity index (χ1v) is 9.95. The van der Waals surface area contributed by atoms with Crippen molar-refractivity contribution >= 4 is 17.5 Å². The molecule has 7 heteroatoms. The number of piperidine rings is 1. The Kier molecular flexibility index (Phi) is 5.46. The fourth-order valence-electron chi connectivity index (χ4n) is 3.57. The SMILES string of the molecule is Cc1ccc(N2CCC(NC(=O)Nc3ccccc3-n3ccc(C)n3)CC2)nc1. The van der Waals surface area contributed by atoms with Gasteiger partial charge >= 0.3 is 6.03 Å². The molecule has 0 radical (unpaired) electrons. The number of rotatable bonds is 4. The van der Waals surface area contributed by atoms with E-state index in [0.717, 1.165) is 54.4 Å². The van der Waals surface area contributed by atoms with Crippen LogP contribution >= 0.6 is 0 Å². The maximum atomic E-state index is 12.6. The second-order valence-corrected chi connectivity index (χ2v) is 7.47. The molecule has 0 atom stereocenters. The molecule has 4 rings (SSSR count). The van der Waals surface area contributed by atoms with E-state index in [1.807, 2.05) is 56.6 Å². The van der Waals surface area contributed by atoms with Crippen LogP contribution in [-0.2, 0) is 0 Å². The van der Waals surface area contributed by atoms with Crippen LogP contribution in [0.5, 0.6) is 0 Å². The zero-order chi connectivity index (χ0) is 20.2. The smallest absolute Gasteiger partial charge is 0.319 e. The second kappa shape index (κ2) is 8.34. The molecular formula is C22H26N6O. The molecule has 7 nitrogen and oxygen atoms in total. The number of aromatic nitrogens is 3. The van der Waals surface area contributed by atoms with Gasteiger partial charge in [0.15, 0.2) is 0 Å². The van der Waals surface area contributed by atoms with Crippen LogP contribution in [0.3, 0.4) is 0 Å². The molecule has 0 aliphatic carbocycles. The number of hydrogen-bond acceptors (Lipinski definition) is 4. The molecule has 0 spiro atoms. The Labute approximate surface area is 170 Å². The van der Waals surface area contributed by atoms with Crippen LogP contribution in [0.4, 0.5) is 16.3 Å². The fourth-order valence-corrected chi connectivity index (χ4v) is 3.57. The summed E-state index contributed by atoms with van der Waals surface area (Å²) < 4.78 is 1.78. The van der Waals surface area contributed by atoms with Gasteiger partial charge in [-0.05, 0) is 56.5 Å². The van der Waals surface area contributed by atoms with Gasteiger partial charge in [-0.2, -0.15) is 5.10 Å². The molecule has 0 bridgehead atoms. The van der Waals surface area contributed by atoms with Crippen LogP contribution in [0.25, 0.3) is 5.69 Å². The first-order valence-electron chi connectivity index (χ1n) is 9.95. The van der Waals surface area contributed by atoms with E-state index in [4.69, 9.17) is 0 Å². The fraction of sp³-hybridized carbons (Fsp3) is 0.318. The lowest BCUT2D eigenvalue weighted by Crippen LogP contribution is -2.46. The van der Waals surface area contributed by atoms with E-state index in [1.165, 1.54) is 0 Å². The van der Waals surface area contributed by atoms with Crippen molar-refractivity contribution in [1.82, 2.24) is 20.1 Å². The summed E-state index contributed by atoms with van der Waals surface area (Å²) in [4.78, 5) is 19.4. The van der Waals surface area contributed by atoms with Crippen LogP contribution < -0.4 is 15.5 Å². The van der Waals surface area contributed by atoms with Crippen LogP contribution in [0.1, 0.15) is 24.1 Å². The van der Waals surface area contributed by atoms with Gasteiger partial charge in [-0.15, -0.1) is 0 Å². The number of benzene rings is 1. The topological polar surface area (TPSA) is 75.1 Å². The minimum atomic E-state index is -0.187. The van der Waals surface area contributed by atoms with Gasteiger partial charge in [0.25, 0.3) is 0 Å². The van der Waals surface area contributed by atoms with E-state index >= 15 is 0 Å². The van der Waals surface area contributed by atoms with Crippen LogP contribution in [0, 0.1) is 13.8 Å². The van der Waals surface area contributed by atoms with Crippen molar-refractivity contribution in [2.24, 2.45) is 0 Å². The third-order valence-electron chi connectivity index (χ3n) is 5.17. The maximum Gasteiger partial charge on any atom is 0.319 e. The highest BCUT2D eigenvalue weighted by molar-refractivity contribution is 5.91. The van der Waals surface area contributed by atoms with Gasteiger partial charge in [-0.25, -0.2) is 14.5 Å². The van der Waals surface area contributed by atoms with Gasteiger partial charge < -0.3 is 15.5 Å². The van der Waals surface area contributed by atoms with Crippen LogP contribution in [0.15, 0.2) is 54.9 Å². The number of nitrogens with one attached hydrogen (secondary N) is 2. The number of carbonyl (C=O) groups is 1. The van der Waals surface area contributed by atoms with Crippen molar-refractivity contribution in [2.75, 3.05) is 23.3 Å². The first-order chi connectivity index (χ1) is 14.1. The summed E-state index contributed by atoms with van der Waals surface area (Å²) in [5.41, 5.74) is 3.66. The zero-order valence-corrected chi connectivity index (χ0v) is 16.8. The molecule has 3 heterocycles. The molecule has 2 aromatic heterocycles. The monoisotopic (exact) mass is 390 g/mol. The Balaban J connectivity index is 1.34. The Bertz CT molecular complexity index is 973. The average Bonchev–Trinajstić information content (AvgIpc) is 3.16. The third-order valence-corrected chi connectivity index (χ3v) is 5.17. The van der Waals surface area contributed by atoms with Crippen molar-refractivity contribution in [3.8, 4) is 5.69 Å². The minimum Gasteiger partial charge on any atom is -0.356 e. The third kappa shape index (κ3) is 4.56. The normalized spacial score (nSPS) is 14.6. The summed E-state index contributed by atoms with van der Waals surface area (Å²) in [6.07, 6.45) is 5.57. The predicted octanol–water partition coefficient (Wildman–Crippen LogP) is 3.67. The summed E-state index contributed by atoms with van der Waals surface area (Å²) in [6, 6.07) is 13.7. The molecule has 0 saturated carbocycles. The van der Waals surface area contributed by atoms with Crippen molar-refractivity contribution in [3.63, 3.8) is 0 Å². The summed E-state index contributed by atoms with van der Waals surface area (Å²) >= 11 is 0. The van der Waals surface area contributed by atoms with E-state index < -0.39 is 0 Å². The molecule has 150 valence electrons. The first kappa shape index (κ1) is 19.0. The molecule has 2 N–H and O–H groups in total. The molecule has 1 fully saturated rings. The molecule has 29 heavy (non-hydrogen) atoms. The lowest BCUT2D eigenvalue weighted by atomic mass is 10.1. The van der Waals surface area contributed by atoms with Gasteiger partial charge in [0.2, 0.25) is 0 Å². The van der Waals surface area contributed by atoms with E-state index in [-0.39, 0.29) is 12.1 Å². The largest absolute Gasteiger partial charge is 0.356 e. The van der Waals surface area contributed by atoms with Gasteiger partial charge in [0, 0.05) is 31.5 Å². The Hall–Kier alpha value is -3.35. The highest BCUT2D eigenvalue weighted by Crippen LogP contribution is 2.21. The predicted molar refractivity (Wildman–Crippen MR) is 115 cm³/mol. The van der Waals surface area contributed by atoms with Crippen molar-refractivity contribution in [3.05, 3.63) is 66.1 Å². The molecule has 3 aromatic rings. The number of urea groups is 1. The highest BCUT2D eigenvalue weighted by atomic mass is 16.2. The van der Waals surface area contributed by atoms with Gasteiger partial charge in [0.1, 0.15) is 5.82 Å². The lowest BCUT2D eigenvalue weighted by molar-refractivity contribution is 0.246. The van der Waals surface area contributed by atoms with Gasteiger partial charge in [-0.1, -0.05) is 18.2 Å². The maximum absolute atomic E-state index is 12.6. The Morgan fingerprint density at radius 2 is 1.86 bits per heavy atom. The highest BCUT2D eigenvalue weighted by Gasteiger charge is 2.22. The number of pyridine rings is 1. The number of nitrogens with zero attached hydrogens (tertiary/aromatic N) is 4. The van der Waals surface area contributed by atoms with Crippen LogP contribution in [-0.4, -0.2) is 39.9 Å². The number of anilines is 2. The number of aryl methyl sites for hydroxylation is 2. The standard InChI is InChI=1S/C22H26N6O/c1-16-7-8-21(23-15-16)27-12-10-18(11-13-27)24-22(29)25-19-5-3-4-6-20(19)28-14-9-17(2)26-28/h3-9,14-15,18H,10-13H2,1-2H3,(H2,24,25,29). The molecule has 1 aromatic carbocycles. The van der Waals surface area contributed by atoms with E-state index in [2.05, 4.69) is 37.7 Å². The number of para-hydroxylation sites is 2. The van der Waals surface area contributed by atoms with Crippen molar-refractivity contribution < 1.29 is 4.79 Å².